The molecule has 0 aliphatic carbocycles. The van der Waals surface area contributed by atoms with Crippen LogP contribution in [0.2, 0.25) is 0 Å². The molecule has 0 bridgehead atoms. The van der Waals surface area contributed by atoms with Gasteiger partial charge in [0.2, 0.25) is 0 Å². The Hall–Kier alpha value is -2.14. The summed E-state index contributed by atoms with van der Waals surface area (Å²) in [6.45, 7) is 1.40. The Kier molecular flexibility index (Phi) is 4.01. The van der Waals surface area contributed by atoms with Gasteiger partial charge in [0.1, 0.15) is 0 Å². The number of likely N-dealkylation sites (tertiary alicyclic amines) is 1. The third kappa shape index (κ3) is 2.97. The lowest BCUT2D eigenvalue weighted by Crippen LogP contribution is -2.37. The first-order chi connectivity index (χ1) is 10.3. The zero-order valence-corrected chi connectivity index (χ0v) is 11.9. The van der Waals surface area contributed by atoms with Gasteiger partial charge < -0.3 is 10.0 Å². The molecule has 1 saturated heterocycles. The van der Waals surface area contributed by atoms with Crippen LogP contribution in [-0.4, -0.2) is 44.9 Å². The number of benzene rings is 1. The summed E-state index contributed by atoms with van der Waals surface area (Å²) in [5, 5.41) is 13.6. The maximum atomic E-state index is 12.4. The number of rotatable bonds is 4. The van der Waals surface area contributed by atoms with Crippen LogP contribution in [0.3, 0.4) is 0 Å². The van der Waals surface area contributed by atoms with Gasteiger partial charge in [-0.05, 0) is 18.4 Å². The summed E-state index contributed by atoms with van der Waals surface area (Å²) in [4.78, 5) is 14.2. The maximum absolute atomic E-state index is 12.4. The van der Waals surface area contributed by atoms with Crippen LogP contribution < -0.4 is 0 Å². The SMILES string of the molecule is O=C(c1cnn(Cc2ccccc2)c1)N1CCC[C@H]1CO. The zero-order valence-electron chi connectivity index (χ0n) is 11.9. The van der Waals surface area contributed by atoms with Crippen LogP contribution in [0.1, 0.15) is 28.8 Å². The Morgan fingerprint density at radius 2 is 2.14 bits per heavy atom. The summed E-state index contributed by atoms with van der Waals surface area (Å²) in [7, 11) is 0. The first-order valence-corrected chi connectivity index (χ1v) is 7.26. The van der Waals surface area contributed by atoms with E-state index in [4.69, 9.17) is 0 Å². The van der Waals surface area contributed by atoms with Crippen molar-refractivity contribution in [3.8, 4) is 0 Å². The van der Waals surface area contributed by atoms with Gasteiger partial charge in [0.15, 0.2) is 0 Å². The molecule has 1 atom stereocenters. The largest absolute Gasteiger partial charge is 0.394 e. The number of aromatic nitrogens is 2. The van der Waals surface area contributed by atoms with E-state index in [-0.39, 0.29) is 18.6 Å². The van der Waals surface area contributed by atoms with Crippen LogP contribution in [-0.2, 0) is 6.54 Å². The highest BCUT2D eigenvalue weighted by atomic mass is 16.3. The minimum atomic E-state index is -0.0463. The Labute approximate surface area is 123 Å². The summed E-state index contributed by atoms with van der Waals surface area (Å²) >= 11 is 0. The Bertz CT molecular complexity index is 609. The van der Waals surface area contributed by atoms with E-state index in [9.17, 15) is 9.90 Å². The number of hydrogen-bond donors (Lipinski definition) is 1. The molecule has 0 spiro atoms. The standard InChI is InChI=1S/C16H19N3O2/c20-12-15-7-4-8-19(15)16(21)14-9-17-18(11-14)10-13-5-2-1-3-6-13/h1-3,5-6,9,11,15,20H,4,7-8,10,12H2/t15-/m0/s1. The van der Waals surface area contributed by atoms with Gasteiger partial charge in [-0.15, -0.1) is 0 Å². The maximum Gasteiger partial charge on any atom is 0.257 e. The number of aliphatic hydroxyl groups excluding tert-OH is 1. The van der Waals surface area contributed by atoms with Crippen molar-refractivity contribution in [3.63, 3.8) is 0 Å². The summed E-state index contributed by atoms with van der Waals surface area (Å²) in [5.74, 6) is -0.0362. The van der Waals surface area contributed by atoms with E-state index >= 15 is 0 Å². The molecule has 1 N–H and O–H groups in total. The number of hydrogen-bond acceptors (Lipinski definition) is 3. The van der Waals surface area contributed by atoms with Crippen molar-refractivity contribution in [2.75, 3.05) is 13.2 Å². The van der Waals surface area contributed by atoms with Crippen LogP contribution in [0.5, 0.6) is 0 Å². The van der Waals surface area contributed by atoms with E-state index in [1.807, 2.05) is 30.3 Å². The highest BCUT2D eigenvalue weighted by Gasteiger charge is 2.29. The highest BCUT2D eigenvalue weighted by molar-refractivity contribution is 5.94. The van der Waals surface area contributed by atoms with Crippen molar-refractivity contribution < 1.29 is 9.90 Å². The third-order valence-corrected chi connectivity index (χ3v) is 3.92. The Morgan fingerprint density at radius 1 is 1.33 bits per heavy atom. The van der Waals surface area contributed by atoms with Gasteiger partial charge in [0.25, 0.3) is 5.91 Å². The topological polar surface area (TPSA) is 58.4 Å². The molecule has 0 saturated carbocycles. The summed E-state index contributed by atoms with van der Waals surface area (Å²) < 4.78 is 1.77. The van der Waals surface area contributed by atoms with Crippen LogP contribution in [0.4, 0.5) is 0 Å². The van der Waals surface area contributed by atoms with Gasteiger partial charge in [0, 0.05) is 12.7 Å². The lowest BCUT2D eigenvalue weighted by Gasteiger charge is -2.22. The second-order valence-corrected chi connectivity index (χ2v) is 5.39. The quantitative estimate of drug-likeness (QED) is 0.926. The van der Waals surface area contributed by atoms with Crippen molar-refractivity contribution in [1.82, 2.24) is 14.7 Å². The number of aliphatic hydroxyl groups is 1. The van der Waals surface area contributed by atoms with Crippen molar-refractivity contribution in [2.45, 2.75) is 25.4 Å². The number of nitrogens with zero attached hydrogens (tertiary/aromatic N) is 3. The Morgan fingerprint density at radius 3 is 2.90 bits per heavy atom. The van der Waals surface area contributed by atoms with Gasteiger partial charge in [0.05, 0.1) is 31.0 Å². The smallest absolute Gasteiger partial charge is 0.257 e. The summed E-state index contributed by atoms with van der Waals surface area (Å²) in [6.07, 6.45) is 5.22. The second-order valence-electron chi connectivity index (χ2n) is 5.39. The normalized spacial score (nSPS) is 18.1. The van der Waals surface area contributed by atoms with E-state index in [1.54, 1.807) is 22.0 Å². The molecule has 1 aliphatic rings. The van der Waals surface area contributed by atoms with Crippen LogP contribution >= 0.6 is 0 Å². The van der Waals surface area contributed by atoms with E-state index in [0.29, 0.717) is 18.7 Å². The number of amides is 1. The molecule has 2 heterocycles. The molecule has 110 valence electrons. The van der Waals surface area contributed by atoms with Gasteiger partial charge >= 0.3 is 0 Å². The fourth-order valence-corrected chi connectivity index (χ4v) is 2.79. The van der Waals surface area contributed by atoms with E-state index < -0.39 is 0 Å². The molecule has 0 unspecified atom stereocenters. The van der Waals surface area contributed by atoms with Gasteiger partial charge in [-0.3, -0.25) is 9.48 Å². The average Bonchev–Trinajstić information content (AvgIpc) is 3.16. The van der Waals surface area contributed by atoms with Gasteiger partial charge in [-0.1, -0.05) is 30.3 Å². The summed E-state index contributed by atoms with van der Waals surface area (Å²) in [6, 6.07) is 9.97. The third-order valence-electron chi connectivity index (χ3n) is 3.92. The predicted octanol–water partition coefficient (Wildman–Crippen LogP) is 1.53. The van der Waals surface area contributed by atoms with E-state index in [0.717, 1.165) is 18.4 Å². The predicted molar refractivity (Wildman–Crippen MR) is 78.9 cm³/mol. The summed E-state index contributed by atoms with van der Waals surface area (Å²) in [5.41, 5.74) is 1.74. The van der Waals surface area contributed by atoms with Crippen molar-refractivity contribution >= 4 is 5.91 Å². The minimum Gasteiger partial charge on any atom is -0.394 e. The average molecular weight is 285 g/mol. The number of carbonyl (C=O) groups is 1. The van der Waals surface area contributed by atoms with Gasteiger partial charge in [-0.2, -0.15) is 5.10 Å². The fourth-order valence-electron chi connectivity index (χ4n) is 2.79. The molecule has 2 aromatic rings. The molecular weight excluding hydrogens is 266 g/mol. The first-order valence-electron chi connectivity index (χ1n) is 7.26. The minimum absolute atomic E-state index is 0.0316. The lowest BCUT2D eigenvalue weighted by molar-refractivity contribution is 0.0677. The lowest BCUT2D eigenvalue weighted by atomic mass is 10.2. The van der Waals surface area contributed by atoms with Gasteiger partial charge in [-0.25, -0.2) is 0 Å². The van der Waals surface area contributed by atoms with Crippen LogP contribution in [0.25, 0.3) is 0 Å². The molecule has 21 heavy (non-hydrogen) atoms. The molecule has 3 rings (SSSR count). The second kappa shape index (κ2) is 6.10. The monoisotopic (exact) mass is 285 g/mol. The number of carbonyl (C=O) groups excluding carboxylic acids is 1. The van der Waals surface area contributed by atoms with E-state index in [1.165, 1.54) is 0 Å². The van der Waals surface area contributed by atoms with Crippen molar-refractivity contribution in [2.24, 2.45) is 0 Å². The first kappa shape index (κ1) is 13.8. The molecule has 5 nitrogen and oxygen atoms in total. The molecule has 1 aliphatic heterocycles. The molecule has 1 aromatic carbocycles. The van der Waals surface area contributed by atoms with E-state index in [2.05, 4.69) is 5.10 Å². The van der Waals surface area contributed by atoms with Crippen molar-refractivity contribution in [3.05, 3.63) is 53.9 Å². The molecular formula is C16H19N3O2. The zero-order chi connectivity index (χ0) is 14.7. The highest BCUT2D eigenvalue weighted by Crippen LogP contribution is 2.19. The van der Waals surface area contributed by atoms with Crippen molar-refractivity contribution in [1.29, 1.82) is 0 Å². The molecule has 1 aromatic heterocycles. The van der Waals surface area contributed by atoms with Crippen LogP contribution in [0, 0.1) is 0 Å². The Balaban J connectivity index is 1.71. The molecule has 5 heteroatoms. The molecule has 1 fully saturated rings. The van der Waals surface area contributed by atoms with Crippen LogP contribution in [0.15, 0.2) is 42.7 Å². The molecule has 1 amide bonds. The molecule has 0 radical (unpaired) electrons. The fraction of sp³-hybridized carbons (Fsp3) is 0.375.